The molecule has 0 heterocycles. The molecular formula is C15H23NO3S. The van der Waals surface area contributed by atoms with Gasteiger partial charge in [0.05, 0.1) is 11.5 Å². The molecule has 1 aromatic rings. The monoisotopic (exact) mass is 297 g/mol. The number of hydrogen-bond donors (Lipinski definition) is 2. The predicted molar refractivity (Wildman–Crippen MR) is 78.8 cm³/mol. The van der Waals surface area contributed by atoms with E-state index in [0.29, 0.717) is 35.3 Å². The van der Waals surface area contributed by atoms with E-state index in [4.69, 9.17) is 0 Å². The van der Waals surface area contributed by atoms with Crippen molar-refractivity contribution in [2.45, 2.75) is 44.6 Å². The Morgan fingerprint density at radius 3 is 2.65 bits per heavy atom. The van der Waals surface area contributed by atoms with Crippen LogP contribution in [0.5, 0.6) is 0 Å². The van der Waals surface area contributed by atoms with Gasteiger partial charge in [0.1, 0.15) is 0 Å². The number of benzene rings is 1. The number of nitrogens with one attached hydrogen (secondary N) is 1. The number of sulfonamides is 1. The first-order chi connectivity index (χ1) is 9.47. The summed E-state index contributed by atoms with van der Waals surface area (Å²) in [5, 5.41) is 9.18. The second-order valence-electron chi connectivity index (χ2n) is 5.62. The van der Waals surface area contributed by atoms with E-state index in [1.54, 1.807) is 18.2 Å². The Hall–Kier alpha value is -0.910. The van der Waals surface area contributed by atoms with Crippen LogP contribution in [-0.4, -0.2) is 20.1 Å². The highest BCUT2D eigenvalue weighted by Gasteiger charge is 2.29. The van der Waals surface area contributed by atoms with Crippen molar-refractivity contribution in [3.8, 4) is 0 Å². The molecule has 20 heavy (non-hydrogen) atoms. The van der Waals surface area contributed by atoms with Crippen LogP contribution in [0.1, 0.15) is 37.8 Å². The molecule has 112 valence electrons. The highest BCUT2D eigenvalue weighted by atomic mass is 32.2. The van der Waals surface area contributed by atoms with Crippen molar-refractivity contribution in [2.75, 3.05) is 6.54 Å². The van der Waals surface area contributed by atoms with Gasteiger partial charge in [0, 0.05) is 6.54 Å². The molecule has 0 bridgehead atoms. The molecule has 0 saturated heterocycles. The van der Waals surface area contributed by atoms with Gasteiger partial charge in [-0.15, -0.1) is 0 Å². The van der Waals surface area contributed by atoms with Crippen molar-refractivity contribution in [3.63, 3.8) is 0 Å². The number of aliphatic hydroxyl groups excluding tert-OH is 1. The third-order valence-corrected chi connectivity index (χ3v) is 5.51. The van der Waals surface area contributed by atoms with Crippen molar-refractivity contribution >= 4 is 10.0 Å². The summed E-state index contributed by atoms with van der Waals surface area (Å²) in [5.74, 6) is 1.06. The summed E-state index contributed by atoms with van der Waals surface area (Å²) in [6.07, 6.45) is 3.08. The summed E-state index contributed by atoms with van der Waals surface area (Å²) >= 11 is 0. The third-order valence-electron chi connectivity index (χ3n) is 4.01. The average Bonchev–Trinajstić information content (AvgIpc) is 3.28. The molecule has 4 nitrogen and oxygen atoms in total. The second kappa shape index (κ2) is 6.24. The molecule has 1 unspecified atom stereocenters. The molecule has 2 N–H and O–H groups in total. The van der Waals surface area contributed by atoms with Gasteiger partial charge in [-0.2, -0.15) is 0 Å². The summed E-state index contributed by atoms with van der Waals surface area (Å²) in [6.45, 7) is 4.36. The van der Waals surface area contributed by atoms with Crippen molar-refractivity contribution in [3.05, 3.63) is 29.3 Å². The molecule has 1 aliphatic rings. The number of rotatable bonds is 7. The molecular weight excluding hydrogens is 274 g/mol. The average molecular weight is 297 g/mol. The van der Waals surface area contributed by atoms with E-state index in [1.165, 1.54) is 12.8 Å². The van der Waals surface area contributed by atoms with Crippen molar-refractivity contribution in [1.29, 1.82) is 0 Å². The Morgan fingerprint density at radius 2 is 2.10 bits per heavy atom. The van der Waals surface area contributed by atoms with Crippen LogP contribution in [0.2, 0.25) is 0 Å². The summed E-state index contributed by atoms with van der Waals surface area (Å²) in [5.41, 5.74) is 1.41. The fraction of sp³-hybridized carbons (Fsp3) is 0.600. The van der Waals surface area contributed by atoms with Crippen LogP contribution in [0.4, 0.5) is 0 Å². The molecule has 1 aromatic carbocycles. The Bertz CT molecular complexity index is 564. The lowest BCUT2D eigenvalue weighted by Crippen LogP contribution is -2.30. The minimum atomic E-state index is -3.50. The van der Waals surface area contributed by atoms with E-state index in [9.17, 15) is 13.5 Å². The Kier molecular flexibility index (Phi) is 4.83. The van der Waals surface area contributed by atoms with E-state index in [-0.39, 0.29) is 6.61 Å². The summed E-state index contributed by atoms with van der Waals surface area (Å²) < 4.78 is 27.6. The van der Waals surface area contributed by atoms with Crippen molar-refractivity contribution in [1.82, 2.24) is 4.72 Å². The molecule has 1 saturated carbocycles. The largest absolute Gasteiger partial charge is 0.392 e. The van der Waals surface area contributed by atoms with Gasteiger partial charge in [0.25, 0.3) is 0 Å². The lowest BCUT2D eigenvalue weighted by molar-refractivity contribution is 0.281. The normalized spacial score (nSPS) is 17.1. The van der Waals surface area contributed by atoms with Gasteiger partial charge in [-0.05, 0) is 48.3 Å². The van der Waals surface area contributed by atoms with E-state index in [2.05, 4.69) is 11.6 Å². The molecule has 1 aliphatic carbocycles. The lowest BCUT2D eigenvalue weighted by atomic mass is 10.1. The minimum Gasteiger partial charge on any atom is -0.392 e. The fourth-order valence-corrected chi connectivity index (χ4v) is 3.89. The van der Waals surface area contributed by atoms with E-state index in [0.717, 1.165) is 5.56 Å². The quantitative estimate of drug-likeness (QED) is 0.809. The maximum absolute atomic E-state index is 12.4. The zero-order valence-electron chi connectivity index (χ0n) is 12.1. The topological polar surface area (TPSA) is 66.4 Å². The zero-order chi connectivity index (χ0) is 14.8. The van der Waals surface area contributed by atoms with Crippen LogP contribution in [0.15, 0.2) is 23.1 Å². The molecule has 0 aliphatic heterocycles. The summed E-state index contributed by atoms with van der Waals surface area (Å²) in [4.78, 5) is 0.301. The number of hydrogen-bond acceptors (Lipinski definition) is 3. The van der Waals surface area contributed by atoms with Crippen molar-refractivity contribution < 1.29 is 13.5 Å². The summed E-state index contributed by atoms with van der Waals surface area (Å²) in [6, 6.07) is 5.12. The minimum absolute atomic E-state index is 0.148. The van der Waals surface area contributed by atoms with Crippen LogP contribution < -0.4 is 4.72 Å². The lowest BCUT2D eigenvalue weighted by Gasteiger charge is -2.14. The van der Waals surface area contributed by atoms with Gasteiger partial charge >= 0.3 is 0 Å². The Labute approximate surface area is 121 Å². The van der Waals surface area contributed by atoms with Gasteiger partial charge in [0.15, 0.2) is 0 Å². The first-order valence-corrected chi connectivity index (χ1v) is 8.68. The van der Waals surface area contributed by atoms with Crippen LogP contribution in [0.3, 0.4) is 0 Å². The van der Waals surface area contributed by atoms with Gasteiger partial charge in [-0.3, -0.25) is 0 Å². The summed E-state index contributed by atoms with van der Waals surface area (Å²) in [7, 11) is -3.50. The molecule has 1 fully saturated rings. The first kappa shape index (κ1) is 15.5. The maximum Gasteiger partial charge on any atom is 0.240 e. The highest BCUT2D eigenvalue weighted by molar-refractivity contribution is 7.89. The number of aryl methyl sites for hydroxylation is 1. The first-order valence-electron chi connectivity index (χ1n) is 7.20. The zero-order valence-corrected chi connectivity index (χ0v) is 12.9. The van der Waals surface area contributed by atoms with Gasteiger partial charge in [-0.25, -0.2) is 13.1 Å². The van der Waals surface area contributed by atoms with Crippen LogP contribution in [-0.2, 0) is 23.1 Å². The standard InChI is InChI=1S/C15H23NO3S/c1-3-13-5-4-12(10-17)8-15(13)20(18,19)16-9-11(2)14-6-7-14/h4-5,8,11,14,16-17H,3,6-7,9-10H2,1-2H3. The highest BCUT2D eigenvalue weighted by Crippen LogP contribution is 2.36. The molecule has 0 radical (unpaired) electrons. The molecule has 2 rings (SSSR count). The fourth-order valence-electron chi connectivity index (χ4n) is 2.39. The SMILES string of the molecule is CCc1ccc(CO)cc1S(=O)(=O)NCC(C)C1CC1. The maximum atomic E-state index is 12.4. The van der Waals surface area contributed by atoms with E-state index in [1.807, 2.05) is 6.92 Å². The Balaban J connectivity index is 2.18. The van der Waals surface area contributed by atoms with Crippen LogP contribution in [0, 0.1) is 11.8 Å². The predicted octanol–water partition coefficient (Wildman–Crippen LogP) is 2.07. The molecule has 0 spiro atoms. The second-order valence-corrected chi connectivity index (χ2v) is 7.36. The van der Waals surface area contributed by atoms with Crippen molar-refractivity contribution in [2.24, 2.45) is 11.8 Å². The smallest absolute Gasteiger partial charge is 0.240 e. The van der Waals surface area contributed by atoms with Gasteiger partial charge in [0.2, 0.25) is 10.0 Å². The van der Waals surface area contributed by atoms with Crippen LogP contribution >= 0.6 is 0 Å². The third kappa shape index (κ3) is 3.59. The molecule has 0 aromatic heterocycles. The Morgan fingerprint density at radius 1 is 1.40 bits per heavy atom. The van der Waals surface area contributed by atoms with Gasteiger partial charge in [-0.1, -0.05) is 26.0 Å². The molecule has 5 heteroatoms. The van der Waals surface area contributed by atoms with E-state index < -0.39 is 10.0 Å². The molecule has 1 atom stereocenters. The number of aliphatic hydroxyl groups is 1. The molecule has 0 amide bonds. The van der Waals surface area contributed by atoms with Gasteiger partial charge < -0.3 is 5.11 Å². The van der Waals surface area contributed by atoms with Crippen LogP contribution in [0.25, 0.3) is 0 Å². The van der Waals surface area contributed by atoms with E-state index >= 15 is 0 Å².